The molecule has 0 aliphatic carbocycles. The number of nitrogens with one attached hydrogen (secondary N) is 1. The summed E-state index contributed by atoms with van der Waals surface area (Å²) in [6, 6.07) is 2.49. The number of rotatable bonds is 6. The summed E-state index contributed by atoms with van der Waals surface area (Å²) < 4.78 is 7.87. The van der Waals surface area contributed by atoms with Gasteiger partial charge in [0.15, 0.2) is 0 Å². The van der Waals surface area contributed by atoms with Crippen molar-refractivity contribution < 1.29 is 4.74 Å². The number of hydrogen-bond donors (Lipinski definition) is 1. The van der Waals surface area contributed by atoms with Crippen molar-refractivity contribution >= 4 is 0 Å². The molecule has 1 fully saturated rings. The quantitative estimate of drug-likeness (QED) is 0.839. The van der Waals surface area contributed by atoms with Crippen molar-refractivity contribution in [2.24, 2.45) is 7.05 Å². The van der Waals surface area contributed by atoms with E-state index in [0.717, 1.165) is 31.5 Å². The standard InChI is InChI=1S/C14H25N3O/c1-4-8-15-13(14-6-5-11(2)18-14)10-12-7-9-17(3)16-12/h7,9,11,13-15H,4-6,8,10H2,1-3H3. The fourth-order valence-electron chi connectivity index (χ4n) is 2.59. The highest BCUT2D eigenvalue weighted by Gasteiger charge is 2.29. The van der Waals surface area contributed by atoms with E-state index in [-0.39, 0.29) is 0 Å². The molecule has 1 N–H and O–H groups in total. The fraction of sp³-hybridized carbons (Fsp3) is 0.786. The van der Waals surface area contributed by atoms with Gasteiger partial charge in [0.1, 0.15) is 0 Å². The maximum absolute atomic E-state index is 6.00. The van der Waals surface area contributed by atoms with Crippen LogP contribution in [0.4, 0.5) is 0 Å². The molecule has 1 aliphatic heterocycles. The number of aryl methyl sites for hydroxylation is 1. The normalized spacial score (nSPS) is 25.5. The molecule has 102 valence electrons. The van der Waals surface area contributed by atoms with Crippen LogP contribution in [0.2, 0.25) is 0 Å². The molecular formula is C14H25N3O. The van der Waals surface area contributed by atoms with E-state index < -0.39 is 0 Å². The van der Waals surface area contributed by atoms with Crippen LogP contribution in [-0.4, -0.2) is 34.6 Å². The summed E-state index contributed by atoms with van der Waals surface area (Å²) in [6.45, 7) is 5.41. The van der Waals surface area contributed by atoms with Crippen molar-refractivity contribution in [3.8, 4) is 0 Å². The third-order valence-corrected chi connectivity index (χ3v) is 3.57. The minimum Gasteiger partial charge on any atom is -0.374 e. The summed E-state index contributed by atoms with van der Waals surface area (Å²) >= 11 is 0. The first-order chi connectivity index (χ1) is 8.69. The molecular weight excluding hydrogens is 226 g/mol. The minimum absolute atomic E-state index is 0.341. The molecule has 4 heteroatoms. The highest BCUT2D eigenvalue weighted by Crippen LogP contribution is 2.23. The van der Waals surface area contributed by atoms with E-state index in [2.05, 4.69) is 30.3 Å². The molecule has 0 aromatic carbocycles. The van der Waals surface area contributed by atoms with E-state index in [1.807, 2.05) is 17.9 Å². The van der Waals surface area contributed by atoms with Crippen LogP contribution >= 0.6 is 0 Å². The van der Waals surface area contributed by atoms with Crippen LogP contribution in [0.3, 0.4) is 0 Å². The highest BCUT2D eigenvalue weighted by atomic mass is 16.5. The predicted molar refractivity (Wildman–Crippen MR) is 72.6 cm³/mol. The number of nitrogens with zero attached hydrogens (tertiary/aromatic N) is 2. The second-order valence-corrected chi connectivity index (χ2v) is 5.31. The van der Waals surface area contributed by atoms with Gasteiger partial charge in [-0.25, -0.2) is 0 Å². The Morgan fingerprint density at radius 1 is 1.56 bits per heavy atom. The molecule has 2 rings (SSSR count). The maximum atomic E-state index is 6.00. The van der Waals surface area contributed by atoms with Gasteiger partial charge in [-0.15, -0.1) is 0 Å². The largest absolute Gasteiger partial charge is 0.374 e. The van der Waals surface area contributed by atoms with Crippen molar-refractivity contribution in [1.29, 1.82) is 0 Å². The Bertz CT molecular complexity index is 364. The Hall–Kier alpha value is -0.870. The Balaban J connectivity index is 1.96. The van der Waals surface area contributed by atoms with Gasteiger partial charge in [0, 0.05) is 25.7 Å². The Morgan fingerprint density at radius 3 is 2.94 bits per heavy atom. The third kappa shape index (κ3) is 3.56. The summed E-state index contributed by atoms with van der Waals surface area (Å²) in [7, 11) is 1.96. The molecule has 1 aliphatic rings. The summed E-state index contributed by atoms with van der Waals surface area (Å²) in [6.07, 6.45) is 7.20. The first-order valence-electron chi connectivity index (χ1n) is 7.06. The van der Waals surface area contributed by atoms with E-state index >= 15 is 0 Å². The van der Waals surface area contributed by atoms with Crippen LogP contribution in [0.25, 0.3) is 0 Å². The molecule has 1 saturated heterocycles. The van der Waals surface area contributed by atoms with E-state index in [1.165, 1.54) is 6.42 Å². The summed E-state index contributed by atoms with van der Waals surface area (Å²) in [5, 5.41) is 8.09. The monoisotopic (exact) mass is 251 g/mol. The second-order valence-electron chi connectivity index (χ2n) is 5.31. The lowest BCUT2D eigenvalue weighted by atomic mass is 10.0. The van der Waals surface area contributed by atoms with Crippen LogP contribution in [0.1, 0.15) is 38.8 Å². The second kappa shape index (κ2) is 6.34. The average molecular weight is 251 g/mol. The summed E-state index contributed by atoms with van der Waals surface area (Å²) in [5.41, 5.74) is 1.15. The van der Waals surface area contributed by atoms with Crippen LogP contribution in [0, 0.1) is 0 Å². The Labute approximate surface area is 110 Å². The molecule has 0 spiro atoms. The maximum Gasteiger partial charge on any atom is 0.0736 e. The van der Waals surface area contributed by atoms with Gasteiger partial charge in [-0.05, 0) is 38.8 Å². The van der Waals surface area contributed by atoms with Gasteiger partial charge in [0.05, 0.1) is 17.9 Å². The fourth-order valence-corrected chi connectivity index (χ4v) is 2.59. The zero-order valence-electron chi connectivity index (χ0n) is 11.7. The Morgan fingerprint density at radius 2 is 2.39 bits per heavy atom. The van der Waals surface area contributed by atoms with E-state index in [0.29, 0.717) is 18.2 Å². The lowest BCUT2D eigenvalue weighted by Gasteiger charge is -2.24. The third-order valence-electron chi connectivity index (χ3n) is 3.57. The number of aromatic nitrogens is 2. The summed E-state index contributed by atoms with van der Waals surface area (Å²) in [5.74, 6) is 0. The lowest BCUT2D eigenvalue weighted by Crippen LogP contribution is -2.42. The lowest BCUT2D eigenvalue weighted by molar-refractivity contribution is 0.0318. The van der Waals surface area contributed by atoms with Gasteiger partial charge in [-0.2, -0.15) is 5.10 Å². The van der Waals surface area contributed by atoms with E-state index in [1.54, 1.807) is 0 Å². The van der Waals surface area contributed by atoms with Gasteiger partial charge < -0.3 is 10.1 Å². The Kier molecular flexibility index (Phi) is 4.78. The molecule has 0 saturated carbocycles. The van der Waals surface area contributed by atoms with Crippen molar-refractivity contribution in [1.82, 2.24) is 15.1 Å². The van der Waals surface area contributed by atoms with Crippen molar-refractivity contribution in [3.63, 3.8) is 0 Å². The summed E-state index contributed by atoms with van der Waals surface area (Å²) in [4.78, 5) is 0. The average Bonchev–Trinajstić information content (AvgIpc) is 2.93. The molecule has 1 aromatic heterocycles. The van der Waals surface area contributed by atoms with Gasteiger partial charge in [0.25, 0.3) is 0 Å². The van der Waals surface area contributed by atoms with E-state index in [4.69, 9.17) is 4.74 Å². The molecule has 18 heavy (non-hydrogen) atoms. The number of ether oxygens (including phenoxy) is 1. The molecule has 1 aromatic rings. The molecule has 4 nitrogen and oxygen atoms in total. The van der Waals surface area contributed by atoms with Crippen LogP contribution < -0.4 is 5.32 Å². The van der Waals surface area contributed by atoms with Crippen molar-refractivity contribution in [2.75, 3.05) is 6.54 Å². The minimum atomic E-state index is 0.341. The predicted octanol–water partition coefficient (Wildman–Crippen LogP) is 1.90. The molecule has 3 atom stereocenters. The molecule has 0 radical (unpaired) electrons. The van der Waals surface area contributed by atoms with Crippen molar-refractivity contribution in [2.45, 2.75) is 57.8 Å². The van der Waals surface area contributed by atoms with Gasteiger partial charge >= 0.3 is 0 Å². The first kappa shape index (κ1) is 13.6. The smallest absolute Gasteiger partial charge is 0.0736 e. The topological polar surface area (TPSA) is 39.1 Å². The van der Waals surface area contributed by atoms with Gasteiger partial charge in [-0.1, -0.05) is 6.92 Å². The number of hydrogen-bond acceptors (Lipinski definition) is 3. The molecule has 0 bridgehead atoms. The highest BCUT2D eigenvalue weighted by molar-refractivity contribution is 5.03. The van der Waals surface area contributed by atoms with Crippen LogP contribution in [0.5, 0.6) is 0 Å². The van der Waals surface area contributed by atoms with E-state index in [9.17, 15) is 0 Å². The van der Waals surface area contributed by atoms with Crippen LogP contribution in [-0.2, 0) is 18.2 Å². The van der Waals surface area contributed by atoms with Gasteiger partial charge in [-0.3, -0.25) is 4.68 Å². The van der Waals surface area contributed by atoms with Crippen LogP contribution in [0.15, 0.2) is 12.3 Å². The SMILES string of the molecule is CCCNC(Cc1ccn(C)n1)C1CCC(C)O1. The van der Waals surface area contributed by atoms with Crippen molar-refractivity contribution in [3.05, 3.63) is 18.0 Å². The molecule has 0 amide bonds. The zero-order valence-corrected chi connectivity index (χ0v) is 11.7. The van der Waals surface area contributed by atoms with Gasteiger partial charge in [0.2, 0.25) is 0 Å². The zero-order chi connectivity index (χ0) is 13.0. The molecule has 3 unspecified atom stereocenters. The molecule has 2 heterocycles. The first-order valence-corrected chi connectivity index (χ1v) is 7.06.